The number of thioether (sulfide) groups is 1. The first-order valence-corrected chi connectivity index (χ1v) is 7.71. The monoisotopic (exact) mass is 336 g/mol. The number of benzene rings is 2. The van der Waals surface area contributed by atoms with Gasteiger partial charge in [-0.05, 0) is 30.3 Å². The molecule has 0 radical (unpaired) electrons. The van der Waals surface area contributed by atoms with Gasteiger partial charge in [0.15, 0.2) is 0 Å². The van der Waals surface area contributed by atoms with Crippen LogP contribution in [0, 0.1) is 11.3 Å². The third-order valence-electron chi connectivity index (χ3n) is 2.57. The lowest BCUT2D eigenvalue weighted by molar-refractivity contribution is -0.113. The highest BCUT2D eigenvalue weighted by molar-refractivity contribution is 8.00. The summed E-state index contributed by atoms with van der Waals surface area (Å²) in [4.78, 5) is 12.7. The van der Waals surface area contributed by atoms with Gasteiger partial charge in [-0.2, -0.15) is 5.26 Å². The topological polar surface area (TPSA) is 52.9 Å². The summed E-state index contributed by atoms with van der Waals surface area (Å²) >= 11 is 13.3. The van der Waals surface area contributed by atoms with E-state index < -0.39 is 0 Å². The van der Waals surface area contributed by atoms with Crippen molar-refractivity contribution < 1.29 is 4.79 Å². The van der Waals surface area contributed by atoms with Gasteiger partial charge >= 0.3 is 0 Å². The summed E-state index contributed by atoms with van der Waals surface area (Å²) in [6.45, 7) is 0. The quantitative estimate of drug-likeness (QED) is 0.830. The highest BCUT2D eigenvalue weighted by atomic mass is 35.5. The van der Waals surface area contributed by atoms with Crippen molar-refractivity contribution in [1.82, 2.24) is 0 Å². The average Bonchev–Trinajstić information content (AvgIpc) is 2.46. The molecule has 0 saturated heterocycles. The fourth-order valence-electron chi connectivity index (χ4n) is 1.59. The van der Waals surface area contributed by atoms with Gasteiger partial charge in [-0.15, -0.1) is 11.8 Å². The van der Waals surface area contributed by atoms with Crippen molar-refractivity contribution in [2.45, 2.75) is 4.90 Å². The molecule has 0 atom stereocenters. The Morgan fingerprint density at radius 2 is 1.95 bits per heavy atom. The minimum absolute atomic E-state index is 0.166. The number of hydrogen-bond donors (Lipinski definition) is 1. The highest BCUT2D eigenvalue weighted by Crippen LogP contribution is 2.27. The lowest BCUT2D eigenvalue weighted by Crippen LogP contribution is -2.14. The molecule has 2 rings (SSSR count). The Bertz CT molecular complexity index is 713. The number of hydrogen-bond acceptors (Lipinski definition) is 3. The second-order valence-electron chi connectivity index (χ2n) is 4.07. The van der Waals surface area contributed by atoms with Crippen molar-refractivity contribution in [2.24, 2.45) is 0 Å². The zero-order valence-corrected chi connectivity index (χ0v) is 13.1. The summed E-state index contributed by atoms with van der Waals surface area (Å²) < 4.78 is 0. The summed E-state index contributed by atoms with van der Waals surface area (Å²) in [5, 5.41) is 12.5. The molecule has 1 amide bonds. The van der Waals surface area contributed by atoms with Crippen LogP contribution in [-0.4, -0.2) is 11.7 Å². The molecule has 0 bridgehead atoms. The zero-order valence-electron chi connectivity index (χ0n) is 10.8. The summed E-state index contributed by atoms with van der Waals surface area (Å²) in [5.74, 6) is 0.0714. The number of nitriles is 1. The first-order valence-electron chi connectivity index (χ1n) is 5.97. The van der Waals surface area contributed by atoms with Gasteiger partial charge < -0.3 is 5.32 Å². The number of amides is 1. The molecule has 0 aromatic heterocycles. The van der Waals surface area contributed by atoms with E-state index in [0.29, 0.717) is 21.3 Å². The Balaban J connectivity index is 1.95. The van der Waals surface area contributed by atoms with Crippen LogP contribution in [0.1, 0.15) is 5.56 Å². The molecule has 0 aliphatic rings. The molecule has 106 valence electrons. The Morgan fingerprint density at radius 1 is 1.19 bits per heavy atom. The molecule has 2 aromatic rings. The van der Waals surface area contributed by atoms with Gasteiger partial charge in [-0.3, -0.25) is 4.79 Å². The van der Waals surface area contributed by atoms with Gasteiger partial charge in [0.05, 0.1) is 21.4 Å². The fourth-order valence-corrected chi connectivity index (χ4v) is 2.85. The Morgan fingerprint density at radius 3 is 2.62 bits per heavy atom. The molecular formula is C15H10Cl2N2OS. The molecular weight excluding hydrogens is 327 g/mol. The van der Waals surface area contributed by atoms with E-state index in [4.69, 9.17) is 28.5 Å². The first-order chi connectivity index (χ1) is 10.1. The van der Waals surface area contributed by atoms with Crippen LogP contribution >= 0.6 is 35.0 Å². The summed E-state index contributed by atoms with van der Waals surface area (Å²) in [6.07, 6.45) is 0. The van der Waals surface area contributed by atoms with Crippen LogP contribution in [0.4, 0.5) is 5.69 Å². The Labute approximate surface area is 136 Å². The van der Waals surface area contributed by atoms with E-state index >= 15 is 0 Å². The second kappa shape index (κ2) is 7.37. The molecule has 0 aliphatic carbocycles. The SMILES string of the molecule is N#Cc1ccc(NC(=O)CSc2ccccc2Cl)cc1Cl. The molecule has 0 fully saturated rings. The van der Waals surface area contributed by atoms with Gasteiger partial charge in [0.1, 0.15) is 6.07 Å². The normalized spacial score (nSPS) is 9.95. The minimum Gasteiger partial charge on any atom is -0.325 e. The van der Waals surface area contributed by atoms with Crippen molar-refractivity contribution in [2.75, 3.05) is 11.1 Å². The predicted molar refractivity (Wildman–Crippen MR) is 87.0 cm³/mol. The van der Waals surface area contributed by atoms with Crippen molar-refractivity contribution in [3.8, 4) is 6.07 Å². The number of anilines is 1. The van der Waals surface area contributed by atoms with Crippen molar-refractivity contribution in [3.63, 3.8) is 0 Å². The van der Waals surface area contributed by atoms with Crippen LogP contribution in [0.3, 0.4) is 0 Å². The molecule has 0 saturated carbocycles. The first kappa shape index (κ1) is 15.7. The molecule has 3 nitrogen and oxygen atoms in total. The summed E-state index contributed by atoms with van der Waals surface area (Å²) in [7, 11) is 0. The van der Waals surface area contributed by atoms with Gasteiger partial charge in [0.2, 0.25) is 5.91 Å². The van der Waals surface area contributed by atoms with Gasteiger partial charge in [0.25, 0.3) is 0 Å². The molecule has 0 aliphatic heterocycles. The van der Waals surface area contributed by atoms with Crippen molar-refractivity contribution in [1.29, 1.82) is 5.26 Å². The Kier molecular flexibility index (Phi) is 5.51. The lowest BCUT2D eigenvalue weighted by Gasteiger charge is -2.07. The summed E-state index contributed by atoms with van der Waals surface area (Å²) in [6, 6.07) is 14.1. The zero-order chi connectivity index (χ0) is 15.2. The van der Waals surface area contributed by atoms with E-state index in [1.165, 1.54) is 11.8 Å². The third kappa shape index (κ3) is 4.40. The van der Waals surface area contributed by atoms with Gasteiger partial charge in [0, 0.05) is 10.6 Å². The second-order valence-corrected chi connectivity index (χ2v) is 5.91. The van der Waals surface area contributed by atoms with E-state index in [9.17, 15) is 4.79 Å². The maximum absolute atomic E-state index is 11.9. The molecule has 21 heavy (non-hydrogen) atoms. The number of nitrogens with one attached hydrogen (secondary N) is 1. The molecule has 2 aromatic carbocycles. The van der Waals surface area contributed by atoms with Crippen LogP contribution in [-0.2, 0) is 4.79 Å². The Hall–Kier alpha value is -1.67. The van der Waals surface area contributed by atoms with E-state index in [1.54, 1.807) is 24.3 Å². The minimum atomic E-state index is -0.166. The van der Waals surface area contributed by atoms with Crippen LogP contribution in [0.15, 0.2) is 47.4 Å². The van der Waals surface area contributed by atoms with Crippen LogP contribution in [0.5, 0.6) is 0 Å². The number of carbonyl (C=O) groups is 1. The number of rotatable bonds is 4. The fraction of sp³-hybridized carbons (Fsp3) is 0.0667. The standard InChI is InChI=1S/C15H10Cl2N2OS/c16-12-3-1-2-4-14(12)21-9-15(20)19-11-6-5-10(8-18)13(17)7-11/h1-7H,9H2,(H,19,20). The molecule has 0 spiro atoms. The molecule has 1 N–H and O–H groups in total. The highest BCUT2D eigenvalue weighted by Gasteiger charge is 2.07. The van der Waals surface area contributed by atoms with Crippen LogP contribution in [0.25, 0.3) is 0 Å². The van der Waals surface area contributed by atoms with Gasteiger partial charge in [-0.1, -0.05) is 35.3 Å². The van der Waals surface area contributed by atoms with Gasteiger partial charge in [-0.25, -0.2) is 0 Å². The van der Waals surface area contributed by atoms with Crippen LogP contribution < -0.4 is 5.32 Å². The largest absolute Gasteiger partial charge is 0.325 e. The van der Waals surface area contributed by atoms with E-state index in [0.717, 1.165) is 4.90 Å². The van der Waals surface area contributed by atoms with E-state index in [1.807, 2.05) is 24.3 Å². The number of carbonyl (C=O) groups excluding carboxylic acids is 1. The molecule has 0 unspecified atom stereocenters. The van der Waals surface area contributed by atoms with Crippen molar-refractivity contribution in [3.05, 3.63) is 58.1 Å². The maximum Gasteiger partial charge on any atom is 0.234 e. The number of nitrogens with zero attached hydrogens (tertiary/aromatic N) is 1. The molecule has 0 heterocycles. The van der Waals surface area contributed by atoms with Crippen molar-refractivity contribution >= 4 is 46.6 Å². The van der Waals surface area contributed by atoms with E-state index in [2.05, 4.69) is 5.32 Å². The third-order valence-corrected chi connectivity index (χ3v) is 4.40. The lowest BCUT2D eigenvalue weighted by atomic mass is 10.2. The predicted octanol–water partition coefficient (Wildman–Crippen LogP) is 4.60. The van der Waals surface area contributed by atoms with Crippen LogP contribution in [0.2, 0.25) is 10.0 Å². The maximum atomic E-state index is 11.9. The summed E-state index contributed by atoms with van der Waals surface area (Å²) in [5.41, 5.74) is 0.934. The smallest absolute Gasteiger partial charge is 0.234 e. The molecule has 6 heteroatoms. The van der Waals surface area contributed by atoms with E-state index in [-0.39, 0.29) is 11.7 Å². The number of halogens is 2. The average molecular weight is 337 g/mol.